The normalized spacial score (nSPS) is 24.0. The fourth-order valence-corrected chi connectivity index (χ4v) is 1.47. The number of carbonyl (C=O) groups is 1. The average molecular weight is 210 g/mol. The van der Waals surface area contributed by atoms with Gasteiger partial charge in [0, 0.05) is 6.21 Å². The van der Waals surface area contributed by atoms with E-state index in [4.69, 9.17) is 16.2 Å². The van der Waals surface area contributed by atoms with Gasteiger partial charge in [-0.1, -0.05) is 0 Å². The number of hydrogen-bond acceptors (Lipinski definition) is 4. The predicted molar refractivity (Wildman–Crippen MR) is 42.8 cm³/mol. The minimum atomic E-state index is -4.49. The summed E-state index contributed by atoms with van der Waals surface area (Å²) < 4.78 is 29.4. The summed E-state index contributed by atoms with van der Waals surface area (Å²) in [7, 11) is -4.49. The van der Waals surface area contributed by atoms with Crippen LogP contribution in [0.25, 0.3) is 0 Å². The van der Waals surface area contributed by atoms with Crippen LogP contribution in [0.2, 0.25) is 0 Å². The molecule has 1 heterocycles. The van der Waals surface area contributed by atoms with E-state index in [1.54, 1.807) is 0 Å². The zero-order valence-electron chi connectivity index (χ0n) is 5.64. The van der Waals surface area contributed by atoms with Crippen LogP contribution in [-0.2, 0) is 14.9 Å². The van der Waals surface area contributed by atoms with Gasteiger partial charge in [-0.3, -0.25) is 14.3 Å². The highest BCUT2D eigenvalue weighted by Gasteiger charge is 2.29. The van der Waals surface area contributed by atoms with Gasteiger partial charge in [0.1, 0.15) is 5.38 Å². The Morgan fingerprint density at radius 3 is 2.58 bits per heavy atom. The SMILES string of the molecule is O=C1C(S(=O)(=O)O)=CN=CC1Cl. The van der Waals surface area contributed by atoms with Crippen LogP contribution in [0.15, 0.2) is 16.1 Å². The molecule has 0 aromatic carbocycles. The molecule has 5 nitrogen and oxygen atoms in total. The van der Waals surface area contributed by atoms with Gasteiger partial charge in [0.2, 0.25) is 5.78 Å². The van der Waals surface area contributed by atoms with Crippen LogP contribution in [-0.4, -0.2) is 30.3 Å². The van der Waals surface area contributed by atoms with E-state index >= 15 is 0 Å². The summed E-state index contributed by atoms with van der Waals surface area (Å²) in [6.07, 6.45) is 1.84. The van der Waals surface area contributed by atoms with E-state index in [0.29, 0.717) is 0 Å². The van der Waals surface area contributed by atoms with Gasteiger partial charge >= 0.3 is 0 Å². The maximum Gasteiger partial charge on any atom is 0.299 e. The molecule has 1 N–H and O–H groups in total. The second-order valence-corrected chi connectivity index (χ2v) is 3.89. The number of alkyl halides is 1. The highest BCUT2D eigenvalue weighted by molar-refractivity contribution is 7.90. The van der Waals surface area contributed by atoms with Gasteiger partial charge < -0.3 is 0 Å². The van der Waals surface area contributed by atoms with E-state index in [-0.39, 0.29) is 0 Å². The van der Waals surface area contributed by atoms with Gasteiger partial charge in [0.05, 0.1) is 6.20 Å². The highest BCUT2D eigenvalue weighted by Crippen LogP contribution is 2.14. The van der Waals surface area contributed by atoms with Crippen LogP contribution in [0.1, 0.15) is 0 Å². The maximum atomic E-state index is 10.9. The lowest BCUT2D eigenvalue weighted by Crippen LogP contribution is -2.25. The van der Waals surface area contributed by atoms with Crippen molar-refractivity contribution in [1.82, 2.24) is 0 Å². The van der Waals surface area contributed by atoms with E-state index in [1.165, 1.54) is 0 Å². The summed E-state index contributed by atoms with van der Waals surface area (Å²) in [6.45, 7) is 0. The van der Waals surface area contributed by atoms with E-state index in [1.807, 2.05) is 0 Å². The third-order valence-electron chi connectivity index (χ3n) is 1.18. The Bertz CT molecular complexity index is 369. The van der Waals surface area contributed by atoms with Crippen molar-refractivity contribution >= 4 is 33.7 Å². The lowest BCUT2D eigenvalue weighted by Gasteiger charge is -2.07. The summed E-state index contributed by atoms with van der Waals surface area (Å²) in [4.78, 5) is 13.5. The molecule has 0 aliphatic carbocycles. The van der Waals surface area contributed by atoms with Crippen molar-refractivity contribution < 1.29 is 17.8 Å². The Balaban J connectivity index is 3.16. The number of aliphatic imine (C=N–C) groups is 1. The first-order valence-electron chi connectivity index (χ1n) is 2.82. The molecule has 0 saturated heterocycles. The van der Waals surface area contributed by atoms with Crippen molar-refractivity contribution in [3.63, 3.8) is 0 Å². The average Bonchev–Trinajstić information content (AvgIpc) is 1.92. The van der Waals surface area contributed by atoms with Crippen molar-refractivity contribution in [2.24, 2.45) is 4.99 Å². The highest BCUT2D eigenvalue weighted by atomic mass is 35.5. The number of Topliss-reactive ketones (excluding diaryl/α,β-unsaturated/α-hetero) is 1. The smallest absolute Gasteiger partial charge is 0.291 e. The summed E-state index contributed by atoms with van der Waals surface area (Å²) in [5, 5.41) is -1.12. The van der Waals surface area contributed by atoms with Crippen LogP contribution in [0.3, 0.4) is 0 Å². The minimum Gasteiger partial charge on any atom is -0.291 e. The second-order valence-electron chi connectivity index (χ2n) is 2.03. The molecule has 0 aromatic heterocycles. The van der Waals surface area contributed by atoms with Crippen LogP contribution in [0, 0.1) is 0 Å². The zero-order valence-corrected chi connectivity index (χ0v) is 7.21. The van der Waals surface area contributed by atoms with Crippen molar-refractivity contribution in [3.05, 3.63) is 11.1 Å². The van der Waals surface area contributed by atoms with Crippen LogP contribution in [0.5, 0.6) is 0 Å². The first kappa shape index (κ1) is 9.37. The third kappa shape index (κ3) is 1.71. The van der Waals surface area contributed by atoms with Crippen molar-refractivity contribution in [1.29, 1.82) is 0 Å². The predicted octanol–water partition coefficient (Wildman–Crippen LogP) is -0.0235. The summed E-state index contributed by atoms with van der Waals surface area (Å²) in [5.74, 6) is -0.867. The molecule has 0 fully saturated rings. The Labute approximate surface area is 73.5 Å². The molecule has 0 amide bonds. The quantitative estimate of drug-likeness (QED) is 0.486. The fourth-order valence-electron chi connectivity index (χ4n) is 0.647. The Morgan fingerprint density at radius 2 is 2.17 bits per heavy atom. The van der Waals surface area contributed by atoms with E-state index in [9.17, 15) is 13.2 Å². The Kier molecular flexibility index (Phi) is 2.31. The number of ketones is 1. The summed E-state index contributed by atoms with van der Waals surface area (Å²) >= 11 is 5.35. The molecule has 0 radical (unpaired) electrons. The van der Waals surface area contributed by atoms with Crippen LogP contribution >= 0.6 is 11.6 Å². The van der Waals surface area contributed by atoms with Gasteiger partial charge in [-0.15, -0.1) is 11.6 Å². The molecular formula is C5H4ClNO4S. The molecule has 7 heteroatoms. The number of allylic oxidation sites excluding steroid dienone is 1. The first-order chi connectivity index (χ1) is 5.43. The Hall–Kier alpha value is -0.720. The van der Waals surface area contributed by atoms with Gasteiger partial charge in [0.15, 0.2) is 4.91 Å². The van der Waals surface area contributed by atoms with Crippen molar-refractivity contribution in [2.75, 3.05) is 0 Å². The minimum absolute atomic E-state index is 0.760. The van der Waals surface area contributed by atoms with E-state index in [2.05, 4.69) is 4.99 Å². The van der Waals surface area contributed by atoms with Crippen LogP contribution in [0.4, 0.5) is 0 Å². The largest absolute Gasteiger partial charge is 0.299 e. The van der Waals surface area contributed by atoms with Gasteiger partial charge in [0.25, 0.3) is 10.1 Å². The molecule has 1 atom stereocenters. The molecule has 66 valence electrons. The monoisotopic (exact) mass is 209 g/mol. The van der Waals surface area contributed by atoms with E-state index < -0.39 is 26.2 Å². The second kappa shape index (κ2) is 2.96. The molecular weight excluding hydrogens is 206 g/mol. The van der Waals surface area contributed by atoms with E-state index in [0.717, 1.165) is 12.4 Å². The van der Waals surface area contributed by atoms with Gasteiger partial charge in [-0.05, 0) is 0 Å². The number of nitrogens with zero attached hydrogens (tertiary/aromatic N) is 1. The molecule has 1 unspecified atom stereocenters. The standard InChI is InChI=1S/C5H4ClNO4S/c6-3-1-7-2-4(5(3)8)12(9,10)11/h1-3H,(H,9,10,11). The third-order valence-corrected chi connectivity index (χ3v) is 2.35. The van der Waals surface area contributed by atoms with Crippen molar-refractivity contribution in [2.45, 2.75) is 5.38 Å². The van der Waals surface area contributed by atoms with Gasteiger partial charge in [-0.2, -0.15) is 8.42 Å². The first-order valence-corrected chi connectivity index (χ1v) is 4.70. The lowest BCUT2D eigenvalue weighted by molar-refractivity contribution is -0.113. The molecule has 0 spiro atoms. The Morgan fingerprint density at radius 1 is 1.58 bits per heavy atom. The number of rotatable bonds is 1. The molecule has 1 aliphatic rings. The molecule has 12 heavy (non-hydrogen) atoms. The summed E-state index contributed by atoms with van der Waals surface area (Å²) in [5.41, 5.74) is 0. The molecule has 1 aliphatic heterocycles. The molecule has 0 bridgehead atoms. The van der Waals surface area contributed by atoms with Crippen LogP contribution < -0.4 is 0 Å². The number of hydrogen-bond donors (Lipinski definition) is 1. The number of carbonyl (C=O) groups excluding carboxylic acids is 1. The zero-order chi connectivity index (χ0) is 9.35. The van der Waals surface area contributed by atoms with Gasteiger partial charge in [-0.25, -0.2) is 0 Å². The lowest BCUT2D eigenvalue weighted by atomic mass is 10.2. The molecule has 1 rings (SSSR count). The maximum absolute atomic E-state index is 10.9. The molecule has 0 aromatic rings. The summed E-state index contributed by atoms with van der Waals surface area (Å²) in [6, 6.07) is 0. The van der Waals surface area contributed by atoms with Crippen molar-refractivity contribution in [3.8, 4) is 0 Å². The number of halogens is 1. The molecule has 0 saturated carbocycles. The fraction of sp³-hybridized carbons (Fsp3) is 0.200. The topological polar surface area (TPSA) is 83.8 Å².